The van der Waals surface area contributed by atoms with Gasteiger partial charge in [-0.1, -0.05) is 12.1 Å². The van der Waals surface area contributed by atoms with E-state index in [1.54, 1.807) is 24.3 Å². The van der Waals surface area contributed by atoms with E-state index < -0.39 is 15.9 Å². The molecule has 0 aliphatic heterocycles. The average molecular weight is 613 g/mol. The SMILES string of the molecule is CSc1nc(C2CC2)cc(C(=O)NCCc2ccc(S(=O)(=O)NC(=O)c3cc(C4CC4)nc(SC)c3N)cc2)c1N. The fourth-order valence-corrected chi connectivity index (χ4v) is 6.47. The van der Waals surface area contributed by atoms with Gasteiger partial charge in [0, 0.05) is 29.8 Å². The van der Waals surface area contributed by atoms with Crippen molar-refractivity contribution in [1.29, 1.82) is 0 Å². The van der Waals surface area contributed by atoms with Crippen LogP contribution in [0.4, 0.5) is 11.4 Å². The Morgan fingerprint density at radius 2 is 1.34 bits per heavy atom. The van der Waals surface area contributed by atoms with E-state index in [1.807, 2.05) is 12.5 Å². The van der Waals surface area contributed by atoms with E-state index in [4.69, 9.17) is 11.5 Å². The summed E-state index contributed by atoms with van der Waals surface area (Å²) in [6.07, 6.45) is 8.27. The minimum atomic E-state index is -4.14. The van der Waals surface area contributed by atoms with Crippen LogP contribution in [-0.2, 0) is 16.4 Å². The molecule has 0 spiro atoms. The average Bonchev–Trinajstić information content (AvgIpc) is 3.87. The molecule has 0 unspecified atom stereocenters. The quantitative estimate of drug-likeness (QED) is 0.233. The summed E-state index contributed by atoms with van der Waals surface area (Å²) in [5.74, 6) is -0.396. The Morgan fingerprint density at radius 1 is 0.854 bits per heavy atom. The highest BCUT2D eigenvalue weighted by Gasteiger charge is 2.30. The topological polar surface area (TPSA) is 170 Å². The standard InChI is InChI=1S/C28H32N6O4S3/c1-39-27-23(29)19(13-21(32-27)16-5-6-16)25(35)31-12-11-15-3-9-18(10-4-15)41(37,38)34-26(36)20-14-22(17-7-8-17)33-28(40-2)24(20)30/h3-4,9-10,13-14,16-17H,5-8,11-12,29-30H2,1-2H3,(H,31,35)(H,34,36). The number of nitrogens with two attached hydrogens (primary N) is 2. The van der Waals surface area contributed by atoms with E-state index in [2.05, 4.69) is 20.0 Å². The Balaban J connectivity index is 1.21. The van der Waals surface area contributed by atoms with E-state index in [0.29, 0.717) is 40.2 Å². The molecule has 5 rings (SSSR count). The van der Waals surface area contributed by atoms with Crippen molar-refractivity contribution in [2.45, 2.75) is 58.9 Å². The van der Waals surface area contributed by atoms with Gasteiger partial charge in [-0.25, -0.2) is 23.1 Å². The van der Waals surface area contributed by atoms with Crippen molar-refractivity contribution in [2.75, 3.05) is 30.5 Å². The molecule has 0 bridgehead atoms. The molecule has 2 aliphatic rings. The molecular weight excluding hydrogens is 581 g/mol. The molecule has 6 N–H and O–H groups in total. The van der Waals surface area contributed by atoms with E-state index in [-0.39, 0.29) is 28.0 Å². The molecule has 2 saturated carbocycles. The predicted octanol–water partition coefficient (Wildman–Crippen LogP) is 3.93. The van der Waals surface area contributed by atoms with Gasteiger partial charge in [-0.05, 0) is 74.4 Å². The molecule has 2 fully saturated rings. The van der Waals surface area contributed by atoms with Gasteiger partial charge in [0.2, 0.25) is 0 Å². The van der Waals surface area contributed by atoms with Gasteiger partial charge in [0.1, 0.15) is 10.1 Å². The highest BCUT2D eigenvalue weighted by Crippen LogP contribution is 2.42. The van der Waals surface area contributed by atoms with Gasteiger partial charge < -0.3 is 16.8 Å². The lowest BCUT2D eigenvalue weighted by molar-refractivity contribution is 0.0952. The molecule has 13 heteroatoms. The summed E-state index contributed by atoms with van der Waals surface area (Å²) < 4.78 is 28.1. The number of rotatable bonds is 11. The third kappa shape index (κ3) is 6.62. The van der Waals surface area contributed by atoms with Gasteiger partial charge in [-0.15, -0.1) is 23.5 Å². The number of aromatic nitrogens is 2. The van der Waals surface area contributed by atoms with Crippen LogP contribution in [0.2, 0.25) is 0 Å². The van der Waals surface area contributed by atoms with Crippen molar-refractivity contribution in [2.24, 2.45) is 0 Å². The molecule has 1 aromatic carbocycles. The summed E-state index contributed by atoms with van der Waals surface area (Å²) in [4.78, 5) is 34.9. The number of nitrogens with zero attached hydrogens (tertiary/aromatic N) is 2. The first-order chi connectivity index (χ1) is 19.6. The summed E-state index contributed by atoms with van der Waals surface area (Å²) in [7, 11) is -4.14. The van der Waals surface area contributed by atoms with Crippen molar-refractivity contribution < 1.29 is 18.0 Å². The molecule has 10 nitrogen and oxygen atoms in total. The second-order valence-corrected chi connectivity index (χ2v) is 13.4. The van der Waals surface area contributed by atoms with Gasteiger partial charge in [0.05, 0.1) is 27.4 Å². The number of carbonyl (C=O) groups is 2. The molecular formula is C28H32N6O4S3. The molecule has 0 atom stereocenters. The fraction of sp³-hybridized carbons (Fsp3) is 0.357. The van der Waals surface area contributed by atoms with E-state index in [9.17, 15) is 18.0 Å². The minimum Gasteiger partial charge on any atom is -0.396 e. The number of carbonyl (C=O) groups excluding carboxylic acids is 2. The lowest BCUT2D eigenvalue weighted by Crippen LogP contribution is -2.31. The third-order valence-electron chi connectivity index (χ3n) is 7.11. The van der Waals surface area contributed by atoms with Gasteiger partial charge >= 0.3 is 0 Å². The van der Waals surface area contributed by atoms with E-state index in [0.717, 1.165) is 42.6 Å². The summed E-state index contributed by atoms with van der Waals surface area (Å²) in [6, 6.07) is 9.54. The number of nitrogen functional groups attached to an aromatic ring is 2. The van der Waals surface area contributed by atoms with Crippen molar-refractivity contribution >= 4 is 56.7 Å². The van der Waals surface area contributed by atoms with Crippen molar-refractivity contribution in [3.05, 3.63) is 64.5 Å². The second-order valence-electron chi connectivity index (χ2n) is 10.2. The maximum atomic E-state index is 13.0. The third-order valence-corrected chi connectivity index (χ3v) is 9.86. The predicted molar refractivity (Wildman–Crippen MR) is 162 cm³/mol. The van der Waals surface area contributed by atoms with Crippen LogP contribution in [0, 0.1) is 0 Å². The Kier molecular flexibility index (Phi) is 8.48. The van der Waals surface area contributed by atoms with Gasteiger partial charge in [-0.2, -0.15) is 0 Å². The maximum absolute atomic E-state index is 13.0. The molecule has 2 amide bonds. The lowest BCUT2D eigenvalue weighted by atomic mass is 10.1. The second kappa shape index (κ2) is 11.9. The van der Waals surface area contributed by atoms with Crippen LogP contribution < -0.4 is 21.5 Å². The number of sulfonamides is 1. The Hall–Kier alpha value is -3.29. The van der Waals surface area contributed by atoms with Crippen LogP contribution in [0.15, 0.2) is 51.3 Å². The molecule has 0 saturated heterocycles. The zero-order chi connectivity index (χ0) is 29.3. The van der Waals surface area contributed by atoms with E-state index in [1.165, 1.54) is 35.7 Å². The fourth-order valence-electron chi connectivity index (χ4n) is 4.45. The van der Waals surface area contributed by atoms with Gasteiger partial charge in [-0.3, -0.25) is 9.59 Å². The van der Waals surface area contributed by atoms with Crippen LogP contribution in [-0.4, -0.2) is 49.3 Å². The highest BCUT2D eigenvalue weighted by molar-refractivity contribution is 7.98. The number of benzene rings is 1. The molecule has 216 valence electrons. The van der Waals surface area contributed by atoms with Crippen LogP contribution in [0.5, 0.6) is 0 Å². The monoisotopic (exact) mass is 612 g/mol. The highest BCUT2D eigenvalue weighted by atomic mass is 32.2. The zero-order valence-electron chi connectivity index (χ0n) is 22.8. The summed E-state index contributed by atoms with van der Waals surface area (Å²) >= 11 is 2.73. The molecule has 2 aromatic heterocycles. The molecule has 2 aliphatic carbocycles. The van der Waals surface area contributed by atoms with Crippen LogP contribution in [0.1, 0.15) is 75.2 Å². The number of thioether (sulfide) groups is 2. The van der Waals surface area contributed by atoms with Crippen LogP contribution >= 0.6 is 23.5 Å². The molecule has 41 heavy (non-hydrogen) atoms. The van der Waals surface area contributed by atoms with Crippen molar-refractivity contribution in [3.8, 4) is 0 Å². The number of amides is 2. The van der Waals surface area contributed by atoms with Gasteiger partial charge in [0.15, 0.2) is 0 Å². The summed E-state index contributed by atoms with van der Waals surface area (Å²) in [6.45, 7) is 0.333. The number of anilines is 2. The number of pyridine rings is 2. The molecule has 3 aromatic rings. The molecule has 2 heterocycles. The Morgan fingerprint density at radius 3 is 1.80 bits per heavy atom. The smallest absolute Gasteiger partial charge is 0.267 e. The van der Waals surface area contributed by atoms with Crippen molar-refractivity contribution in [1.82, 2.24) is 20.0 Å². The first kappa shape index (κ1) is 29.2. The summed E-state index contributed by atoms with van der Waals surface area (Å²) in [5, 5.41) is 4.06. The number of hydrogen-bond acceptors (Lipinski definition) is 10. The summed E-state index contributed by atoms with van der Waals surface area (Å²) in [5.41, 5.74) is 15.9. The normalized spacial score (nSPS) is 15.0. The number of hydrogen-bond donors (Lipinski definition) is 4. The Bertz CT molecular complexity index is 1600. The van der Waals surface area contributed by atoms with E-state index >= 15 is 0 Å². The van der Waals surface area contributed by atoms with Gasteiger partial charge in [0.25, 0.3) is 21.8 Å². The maximum Gasteiger partial charge on any atom is 0.267 e. The van der Waals surface area contributed by atoms with Crippen molar-refractivity contribution in [3.63, 3.8) is 0 Å². The minimum absolute atomic E-state index is 0.0551. The first-order valence-corrected chi connectivity index (χ1v) is 17.2. The molecule has 0 radical (unpaired) electrons. The lowest BCUT2D eigenvalue weighted by Gasteiger charge is -2.13. The Labute approximate surface area is 247 Å². The first-order valence-electron chi connectivity index (χ1n) is 13.2. The zero-order valence-corrected chi connectivity index (χ0v) is 25.2. The van der Waals surface area contributed by atoms with Crippen LogP contribution in [0.3, 0.4) is 0 Å². The largest absolute Gasteiger partial charge is 0.396 e. The van der Waals surface area contributed by atoms with Crippen LogP contribution in [0.25, 0.3) is 0 Å². The number of nitrogens with one attached hydrogen (secondary N) is 2.